The van der Waals surface area contributed by atoms with Crippen LogP contribution < -0.4 is 5.32 Å². The molecule has 94 valence electrons. The Morgan fingerprint density at radius 1 is 1.56 bits per heavy atom. The molecule has 0 aliphatic rings. The van der Waals surface area contributed by atoms with Crippen molar-refractivity contribution in [3.05, 3.63) is 45.8 Å². The molecule has 2 heterocycles. The molecule has 0 aliphatic carbocycles. The fourth-order valence-electron chi connectivity index (χ4n) is 1.67. The van der Waals surface area contributed by atoms with Crippen molar-refractivity contribution in [3.8, 4) is 0 Å². The molecular weight excluding hydrogens is 234 g/mol. The number of nitrogens with one attached hydrogen (secondary N) is 1. The van der Waals surface area contributed by atoms with Gasteiger partial charge in [-0.1, -0.05) is 0 Å². The molecule has 0 fully saturated rings. The van der Waals surface area contributed by atoms with Gasteiger partial charge in [0.05, 0.1) is 23.4 Å². The first-order valence-corrected chi connectivity index (χ1v) is 5.41. The lowest BCUT2D eigenvalue weighted by Gasteiger charge is -2.01. The average Bonchev–Trinajstić information content (AvgIpc) is 2.70. The van der Waals surface area contributed by atoms with Crippen LogP contribution in [0.25, 0.3) is 0 Å². The fraction of sp³-hybridized carbons (Fsp3) is 0.273. The topological polar surface area (TPSA) is 85.9 Å². The highest BCUT2D eigenvalue weighted by Gasteiger charge is 2.16. The Balaban J connectivity index is 2.23. The molecule has 7 nitrogen and oxygen atoms in total. The number of hydrogen-bond donors (Lipinski definition) is 1. The zero-order chi connectivity index (χ0) is 13.1. The second kappa shape index (κ2) is 4.82. The molecule has 0 aliphatic heterocycles. The van der Waals surface area contributed by atoms with E-state index in [-0.39, 0.29) is 5.82 Å². The highest BCUT2D eigenvalue weighted by molar-refractivity contribution is 5.37. The third-order valence-electron chi connectivity index (χ3n) is 2.52. The zero-order valence-electron chi connectivity index (χ0n) is 10.1. The van der Waals surface area contributed by atoms with E-state index in [2.05, 4.69) is 15.4 Å². The van der Waals surface area contributed by atoms with E-state index in [9.17, 15) is 10.1 Å². The third kappa shape index (κ3) is 2.45. The van der Waals surface area contributed by atoms with E-state index in [1.807, 2.05) is 12.1 Å². The summed E-state index contributed by atoms with van der Waals surface area (Å²) in [6.45, 7) is 2.15. The first-order chi connectivity index (χ1) is 8.60. The number of anilines is 1. The molecule has 1 N–H and O–H groups in total. The maximum atomic E-state index is 10.7. The van der Waals surface area contributed by atoms with Crippen molar-refractivity contribution in [2.45, 2.75) is 13.5 Å². The fourth-order valence-corrected chi connectivity index (χ4v) is 1.67. The first-order valence-electron chi connectivity index (χ1n) is 5.41. The highest BCUT2D eigenvalue weighted by atomic mass is 16.6. The standard InChI is InChI=1S/C11H13N5O2/c1-8-6-15(14-11(8)16(17)18)7-9-3-4-13-10(5-9)12-2/h3-6H,7H2,1-2H3,(H,12,13). The number of aromatic nitrogens is 3. The Bertz CT molecular complexity index is 579. The first kappa shape index (κ1) is 12.0. The molecule has 7 heteroatoms. The summed E-state index contributed by atoms with van der Waals surface area (Å²) >= 11 is 0. The molecular formula is C11H13N5O2. The minimum atomic E-state index is -0.475. The largest absolute Gasteiger partial charge is 0.392 e. The van der Waals surface area contributed by atoms with E-state index in [4.69, 9.17) is 0 Å². The smallest absolute Gasteiger partial charge is 0.373 e. The van der Waals surface area contributed by atoms with Crippen LogP contribution in [-0.4, -0.2) is 26.7 Å². The summed E-state index contributed by atoms with van der Waals surface area (Å²) in [5.41, 5.74) is 1.54. The zero-order valence-corrected chi connectivity index (χ0v) is 10.1. The molecule has 0 aromatic carbocycles. The normalized spacial score (nSPS) is 10.3. The maximum absolute atomic E-state index is 10.7. The summed E-state index contributed by atoms with van der Waals surface area (Å²) in [7, 11) is 1.79. The number of rotatable bonds is 4. The predicted molar refractivity (Wildman–Crippen MR) is 66.5 cm³/mol. The number of hydrogen-bond acceptors (Lipinski definition) is 5. The molecule has 0 saturated carbocycles. The lowest BCUT2D eigenvalue weighted by molar-refractivity contribution is -0.390. The van der Waals surface area contributed by atoms with E-state index in [0.717, 1.165) is 11.4 Å². The summed E-state index contributed by atoms with van der Waals surface area (Å²) < 4.78 is 1.56. The highest BCUT2D eigenvalue weighted by Crippen LogP contribution is 2.15. The molecule has 0 bridgehead atoms. The van der Waals surface area contributed by atoms with Crippen molar-refractivity contribution in [2.75, 3.05) is 12.4 Å². The van der Waals surface area contributed by atoms with E-state index in [1.54, 1.807) is 31.0 Å². The van der Waals surface area contributed by atoms with Gasteiger partial charge in [0.2, 0.25) is 0 Å². The molecule has 2 aromatic rings. The molecule has 2 aromatic heterocycles. The minimum absolute atomic E-state index is 0.0992. The van der Waals surface area contributed by atoms with Crippen LogP contribution in [0.4, 0.5) is 11.6 Å². The molecule has 0 spiro atoms. The lowest BCUT2D eigenvalue weighted by atomic mass is 10.2. The Kier molecular flexibility index (Phi) is 3.22. The summed E-state index contributed by atoms with van der Waals surface area (Å²) in [4.78, 5) is 14.3. The van der Waals surface area contributed by atoms with Crippen LogP contribution in [0, 0.1) is 17.0 Å². The average molecular weight is 247 g/mol. The van der Waals surface area contributed by atoms with E-state index in [0.29, 0.717) is 12.1 Å². The molecule has 0 amide bonds. The van der Waals surface area contributed by atoms with Gasteiger partial charge in [0.25, 0.3) is 0 Å². The van der Waals surface area contributed by atoms with Gasteiger partial charge in [-0.2, -0.15) is 4.68 Å². The SMILES string of the molecule is CNc1cc(Cn2cc(C)c([N+](=O)[O-])n2)ccn1. The van der Waals surface area contributed by atoms with Gasteiger partial charge >= 0.3 is 5.82 Å². The van der Waals surface area contributed by atoms with Crippen LogP contribution >= 0.6 is 0 Å². The summed E-state index contributed by atoms with van der Waals surface area (Å²) in [6.07, 6.45) is 3.35. The van der Waals surface area contributed by atoms with Gasteiger partial charge in [-0.3, -0.25) is 0 Å². The van der Waals surface area contributed by atoms with Crippen molar-refractivity contribution in [3.63, 3.8) is 0 Å². The van der Waals surface area contributed by atoms with Gasteiger partial charge in [-0.05, 0) is 29.5 Å². The van der Waals surface area contributed by atoms with Crippen molar-refractivity contribution in [2.24, 2.45) is 0 Å². The number of nitrogens with zero attached hydrogens (tertiary/aromatic N) is 4. The van der Waals surface area contributed by atoms with Crippen LogP contribution in [0.1, 0.15) is 11.1 Å². The predicted octanol–water partition coefficient (Wildman–Crippen LogP) is 1.58. The van der Waals surface area contributed by atoms with Crippen LogP contribution in [0.2, 0.25) is 0 Å². The van der Waals surface area contributed by atoms with Crippen LogP contribution in [0.3, 0.4) is 0 Å². The lowest BCUT2D eigenvalue weighted by Crippen LogP contribution is -2.02. The Morgan fingerprint density at radius 2 is 2.33 bits per heavy atom. The Labute approximate surface area is 104 Å². The van der Waals surface area contributed by atoms with E-state index >= 15 is 0 Å². The van der Waals surface area contributed by atoms with Gasteiger partial charge in [-0.25, -0.2) is 4.98 Å². The van der Waals surface area contributed by atoms with Gasteiger partial charge in [0, 0.05) is 13.2 Å². The molecule has 0 atom stereocenters. The monoisotopic (exact) mass is 247 g/mol. The number of pyridine rings is 1. The third-order valence-corrected chi connectivity index (χ3v) is 2.52. The van der Waals surface area contributed by atoms with Crippen molar-refractivity contribution in [1.82, 2.24) is 14.8 Å². The van der Waals surface area contributed by atoms with Crippen molar-refractivity contribution >= 4 is 11.6 Å². The molecule has 0 unspecified atom stereocenters. The molecule has 0 radical (unpaired) electrons. The second-order valence-electron chi connectivity index (χ2n) is 3.89. The van der Waals surface area contributed by atoms with Gasteiger partial charge in [0.1, 0.15) is 5.82 Å². The number of aryl methyl sites for hydroxylation is 1. The molecule has 2 rings (SSSR count). The van der Waals surface area contributed by atoms with E-state index < -0.39 is 4.92 Å². The van der Waals surface area contributed by atoms with E-state index in [1.165, 1.54) is 0 Å². The summed E-state index contributed by atoms with van der Waals surface area (Å²) in [5.74, 6) is 0.656. The van der Waals surface area contributed by atoms with Crippen LogP contribution in [0.5, 0.6) is 0 Å². The summed E-state index contributed by atoms with van der Waals surface area (Å²) in [6, 6.07) is 3.73. The summed E-state index contributed by atoms with van der Waals surface area (Å²) in [5, 5.41) is 17.6. The van der Waals surface area contributed by atoms with Gasteiger partial charge < -0.3 is 15.4 Å². The van der Waals surface area contributed by atoms with Crippen molar-refractivity contribution < 1.29 is 4.92 Å². The Hall–Kier alpha value is -2.44. The van der Waals surface area contributed by atoms with Gasteiger partial charge in [-0.15, -0.1) is 0 Å². The van der Waals surface area contributed by atoms with Crippen LogP contribution in [0.15, 0.2) is 24.5 Å². The Morgan fingerprint density at radius 3 is 2.94 bits per heavy atom. The quantitative estimate of drug-likeness (QED) is 0.654. The molecule has 18 heavy (non-hydrogen) atoms. The van der Waals surface area contributed by atoms with Crippen molar-refractivity contribution in [1.29, 1.82) is 0 Å². The maximum Gasteiger partial charge on any atom is 0.392 e. The van der Waals surface area contributed by atoms with Gasteiger partial charge in [0.15, 0.2) is 0 Å². The number of nitro groups is 1. The minimum Gasteiger partial charge on any atom is -0.373 e. The second-order valence-corrected chi connectivity index (χ2v) is 3.89. The van der Waals surface area contributed by atoms with Crippen LogP contribution in [-0.2, 0) is 6.54 Å². The molecule has 0 saturated heterocycles.